The third-order valence-corrected chi connectivity index (χ3v) is 15.8. The number of aliphatic hydroxyl groups is 1. The van der Waals surface area contributed by atoms with E-state index in [1.807, 2.05) is 60.0 Å². The average Bonchev–Trinajstić information content (AvgIpc) is 4.22. The monoisotopic (exact) mass is 1090 g/mol. The second-order valence-electron chi connectivity index (χ2n) is 21.2. The highest BCUT2D eigenvalue weighted by Gasteiger charge is 2.44. The SMILES string of the molecule is COc1ccc(C#CCNC2(C)CCN(C3CCN(c4nc([C@@](CO)(OC5CC5)c5ccccc5)c5cc(-c6cn(C)c(=O)c7[nH]ccc67)ccc5n4)CC3)CC2)cc1N1CCC(=O)N(CNC(=O)[C@H](CC(N)=O)NC(=O)O)C1=O. The van der Waals surface area contributed by atoms with E-state index >= 15 is 0 Å². The molecule has 2 atom stereocenters. The largest absolute Gasteiger partial charge is 0.495 e. The van der Waals surface area contributed by atoms with Crippen LogP contribution >= 0.6 is 0 Å². The van der Waals surface area contributed by atoms with Crippen LogP contribution in [-0.4, -0.2) is 153 Å². The number of nitrogens with two attached hydrogens (primary N) is 1. The lowest BCUT2D eigenvalue weighted by Crippen LogP contribution is -2.57. The molecule has 3 aliphatic heterocycles. The standard InChI is InChI=1S/C58H66N12O10/c1-57(62-23-7-8-36-11-16-47(79-3)46(30-36)69-27-20-49(73)70(56(69)78)35-61-52(74)45(32-48(59)72)64-55(76)77)21-28-67(29-22-57)39-18-25-68(26-19-39)54-63-44-15-12-37(43-33-66(2)53(75)50-41(43)17-24-60-50)31-42(44)51(65-54)58(34-71,80-40-13-14-40)38-9-5-4-6-10-38/h4-6,9-12,15-17,24,30-31,33,39-40,45,60,62,64,71H,13-14,18-23,25-29,32,34-35H2,1-3H3,(H2,59,72)(H,61,74)(H,76,77)/t45-,58-/m0/s1. The number of aromatic amines is 1. The Hall–Kier alpha value is -8.36. The van der Waals surface area contributed by atoms with E-state index < -0.39 is 54.6 Å². The van der Waals surface area contributed by atoms with Gasteiger partial charge in [0.05, 0.1) is 49.7 Å². The normalized spacial score (nSPS) is 18.1. The molecule has 3 aromatic carbocycles. The molecule has 3 saturated heterocycles. The number of aliphatic hydroxyl groups excluding tert-OH is 1. The van der Waals surface area contributed by atoms with Gasteiger partial charge in [0, 0.05) is 92.1 Å². The molecule has 10 rings (SSSR count). The Morgan fingerprint density at radius 2 is 1.71 bits per heavy atom. The van der Waals surface area contributed by atoms with E-state index in [9.17, 15) is 33.9 Å². The molecule has 3 aromatic heterocycles. The first-order valence-corrected chi connectivity index (χ1v) is 27.0. The molecule has 4 fully saturated rings. The van der Waals surface area contributed by atoms with Gasteiger partial charge in [-0.3, -0.25) is 24.1 Å². The molecule has 0 bridgehead atoms. The highest BCUT2D eigenvalue weighted by Crippen LogP contribution is 2.44. The molecule has 22 heteroatoms. The number of rotatable bonds is 18. The fraction of sp³-hybridized carbons (Fsp3) is 0.414. The van der Waals surface area contributed by atoms with Crippen LogP contribution in [0.3, 0.4) is 0 Å². The summed E-state index contributed by atoms with van der Waals surface area (Å²) in [4.78, 5) is 95.8. The fourth-order valence-electron chi connectivity index (χ4n) is 11.2. The molecule has 6 amide bonds. The fourth-order valence-corrected chi connectivity index (χ4v) is 11.2. The van der Waals surface area contributed by atoms with Crippen LogP contribution in [0.15, 0.2) is 90.0 Å². The molecular formula is C58H66N12O10. The van der Waals surface area contributed by atoms with Gasteiger partial charge in [0.25, 0.3) is 5.56 Å². The van der Waals surface area contributed by atoms with Crippen molar-refractivity contribution < 1.29 is 43.7 Å². The van der Waals surface area contributed by atoms with Crippen molar-refractivity contribution in [2.24, 2.45) is 12.8 Å². The van der Waals surface area contributed by atoms with Gasteiger partial charge in [-0.2, -0.15) is 0 Å². The number of H-pyrrole nitrogens is 1. The third-order valence-electron chi connectivity index (χ3n) is 15.8. The topological polar surface area (TPSA) is 283 Å². The number of aryl methyl sites for hydroxylation is 1. The summed E-state index contributed by atoms with van der Waals surface area (Å²) in [5.41, 5.74) is 9.09. The molecule has 6 heterocycles. The van der Waals surface area contributed by atoms with E-state index in [0.717, 1.165) is 103 Å². The average molecular weight is 1090 g/mol. The maximum atomic E-state index is 13.7. The summed E-state index contributed by atoms with van der Waals surface area (Å²) < 4.78 is 14.1. The van der Waals surface area contributed by atoms with Crippen LogP contribution in [0, 0.1) is 11.8 Å². The summed E-state index contributed by atoms with van der Waals surface area (Å²) >= 11 is 0. The zero-order valence-electron chi connectivity index (χ0n) is 45.0. The zero-order valence-corrected chi connectivity index (χ0v) is 45.0. The van der Waals surface area contributed by atoms with Crippen LogP contribution in [-0.2, 0) is 31.8 Å². The van der Waals surface area contributed by atoms with Crippen molar-refractivity contribution in [3.05, 3.63) is 112 Å². The van der Waals surface area contributed by atoms with Gasteiger partial charge in [0.15, 0.2) is 5.60 Å². The number of anilines is 2. The number of methoxy groups -OCH3 is 1. The van der Waals surface area contributed by atoms with Crippen molar-refractivity contribution >= 4 is 63.3 Å². The molecule has 22 nitrogen and oxygen atoms in total. The summed E-state index contributed by atoms with van der Waals surface area (Å²) in [6.07, 6.45) is 6.87. The van der Waals surface area contributed by atoms with Crippen LogP contribution in [0.1, 0.15) is 75.1 Å². The summed E-state index contributed by atoms with van der Waals surface area (Å²) in [5, 5.41) is 30.2. The number of amides is 6. The number of likely N-dealkylation sites (tertiary alicyclic amines) is 1. The number of benzene rings is 3. The van der Waals surface area contributed by atoms with E-state index in [1.165, 1.54) is 12.0 Å². The number of fused-ring (bicyclic) bond motifs is 2. The number of nitrogens with zero attached hydrogens (tertiary/aromatic N) is 7. The van der Waals surface area contributed by atoms with Crippen LogP contribution in [0.2, 0.25) is 0 Å². The summed E-state index contributed by atoms with van der Waals surface area (Å²) in [5.74, 6) is 4.98. The number of piperidine rings is 2. The number of carbonyl (C=O) groups excluding carboxylic acids is 4. The molecule has 4 aliphatic rings. The Bertz CT molecular complexity index is 3450. The second-order valence-corrected chi connectivity index (χ2v) is 21.2. The molecule has 0 radical (unpaired) electrons. The summed E-state index contributed by atoms with van der Waals surface area (Å²) in [6.45, 7) is 5.13. The van der Waals surface area contributed by atoms with Crippen molar-refractivity contribution in [1.29, 1.82) is 0 Å². The van der Waals surface area contributed by atoms with Crippen molar-refractivity contribution in [1.82, 2.24) is 45.3 Å². The number of hydrogen-bond donors (Lipinski definition) is 7. The van der Waals surface area contributed by atoms with Gasteiger partial charge in [0.2, 0.25) is 23.7 Å². The molecule has 6 aromatic rings. The first-order valence-electron chi connectivity index (χ1n) is 27.0. The molecule has 0 spiro atoms. The van der Waals surface area contributed by atoms with E-state index in [2.05, 4.69) is 50.2 Å². The van der Waals surface area contributed by atoms with Crippen molar-refractivity contribution in [3.63, 3.8) is 0 Å². The van der Waals surface area contributed by atoms with Gasteiger partial charge >= 0.3 is 12.1 Å². The van der Waals surface area contributed by atoms with E-state index in [1.54, 1.807) is 36.0 Å². The summed E-state index contributed by atoms with van der Waals surface area (Å²) in [7, 11) is 3.21. The highest BCUT2D eigenvalue weighted by molar-refractivity contribution is 6.07. The Morgan fingerprint density at radius 3 is 2.41 bits per heavy atom. The molecule has 80 heavy (non-hydrogen) atoms. The van der Waals surface area contributed by atoms with Gasteiger partial charge in [-0.05, 0) is 93.0 Å². The number of imide groups is 1. The lowest BCUT2D eigenvalue weighted by molar-refractivity contribution is -0.131. The highest BCUT2D eigenvalue weighted by atomic mass is 16.5. The minimum atomic E-state index is -1.55. The van der Waals surface area contributed by atoms with Gasteiger partial charge in [0.1, 0.15) is 24.0 Å². The van der Waals surface area contributed by atoms with Crippen LogP contribution in [0.5, 0.6) is 5.75 Å². The van der Waals surface area contributed by atoms with Crippen molar-refractivity contribution in [2.45, 2.75) is 87.6 Å². The van der Waals surface area contributed by atoms with E-state index in [0.29, 0.717) is 46.7 Å². The second kappa shape index (κ2) is 23.2. The number of ether oxygens (including phenoxy) is 2. The molecule has 1 saturated carbocycles. The molecule has 0 unspecified atom stereocenters. The molecular weight excluding hydrogens is 1020 g/mol. The van der Waals surface area contributed by atoms with E-state index in [4.69, 9.17) is 30.3 Å². The van der Waals surface area contributed by atoms with Crippen molar-refractivity contribution in [3.8, 4) is 28.7 Å². The number of nitrogens with one attached hydrogen (secondary N) is 4. The minimum Gasteiger partial charge on any atom is -0.495 e. The predicted molar refractivity (Wildman–Crippen MR) is 299 cm³/mol. The Kier molecular flexibility index (Phi) is 15.9. The molecule has 8 N–H and O–H groups in total. The van der Waals surface area contributed by atoms with Crippen LogP contribution in [0.25, 0.3) is 32.9 Å². The lowest BCUT2D eigenvalue weighted by atomic mass is 9.87. The Labute approximate surface area is 461 Å². The van der Waals surface area contributed by atoms with E-state index in [-0.39, 0.29) is 36.8 Å². The van der Waals surface area contributed by atoms with Gasteiger partial charge < -0.3 is 60.7 Å². The van der Waals surface area contributed by atoms with Crippen LogP contribution < -0.4 is 41.8 Å². The quantitative estimate of drug-likeness (QED) is 0.0597. The Morgan fingerprint density at radius 1 is 0.950 bits per heavy atom. The predicted octanol–water partition coefficient (Wildman–Crippen LogP) is 4.11. The molecule has 1 aliphatic carbocycles. The maximum absolute atomic E-state index is 13.7. The van der Waals surface area contributed by atoms with Crippen LogP contribution in [0.4, 0.5) is 21.2 Å². The number of primary amides is 1. The van der Waals surface area contributed by atoms with Crippen molar-refractivity contribution in [2.75, 3.05) is 69.5 Å². The number of pyridine rings is 1. The van der Waals surface area contributed by atoms with Gasteiger partial charge in [-0.1, -0.05) is 48.2 Å². The maximum Gasteiger partial charge on any atom is 0.405 e. The first kappa shape index (κ1) is 55.0. The number of carbonyl (C=O) groups is 5. The van der Waals surface area contributed by atoms with Gasteiger partial charge in [-0.25, -0.2) is 24.5 Å². The Balaban J connectivity index is 0.785. The minimum absolute atomic E-state index is 0.0192. The first-order chi connectivity index (χ1) is 38.6. The lowest BCUT2D eigenvalue weighted by Gasteiger charge is -2.45. The summed E-state index contributed by atoms with van der Waals surface area (Å²) in [6, 6.07) is 21.2. The number of carboxylic acid groups (broad SMARTS) is 1. The smallest absolute Gasteiger partial charge is 0.405 e. The third kappa shape index (κ3) is 11.5. The number of aromatic nitrogens is 4. The molecule has 418 valence electrons. The number of hydrogen-bond acceptors (Lipinski definition) is 14. The van der Waals surface area contributed by atoms with Gasteiger partial charge in [-0.15, -0.1) is 0 Å². The number of urea groups is 1. The zero-order chi connectivity index (χ0) is 56.3.